The van der Waals surface area contributed by atoms with Crippen molar-refractivity contribution in [3.63, 3.8) is 0 Å². The molecule has 4 nitrogen and oxygen atoms in total. The molecule has 0 saturated carbocycles. The highest BCUT2D eigenvalue weighted by molar-refractivity contribution is 9.10. The van der Waals surface area contributed by atoms with Crippen molar-refractivity contribution in [1.29, 1.82) is 0 Å². The highest BCUT2D eigenvalue weighted by atomic mass is 79.9. The zero-order chi connectivity index (χ0) is 18.1. The van der Waals surface area contributed by atoms with Gasteiger partial charge in [0.15, 0.2) is 5.76 Å². The number of allylic oxidation sites excluding steroid dienone is 3. The fraction of sp³-hybridized carbons (Fsp3) is 0.211. The van der Waals surface area contributed by atoms with Gasteiger partial charge >= 0.3 is 5.97 Å². The van der Waals surface area contributed by atoms with E-state index in [1.165, 1.54) is 13.2 Å². The smallest absolute Gasteiger partial charge is 0.341 e. The maximum absolute atomic E-state index is 14.3. The van der Waals surface area contributed by atoms with E-state index in [9.17, 15) is 14.3 Å². The first-order valence-corrected chi connectivity index (χ1v) is 8.62. The highest BCUT2D eigenvalue weighted by Gasteiger charge is 2.30. The van der Waals surface area contributed by atoms with Crippen LogP contribution in [0.4, 0.5) is 4.39 Å². The molecule has 2 aliphatic rings. The topological polar surface area (TPSA) is 49.8 Å². The van der Waals surface area contributed by atoms with Crippen LogP contribution in [0.25, 0.3) is 0 Å². The average molecular weight is 406 g/mol. The fourth-order valence-electron chi connectivity index (χ4n) is 2.95. The highest BCUT2D eigenvalue weighted by Crippen LogP contribution is 2.37. The lowest BCUT2D eigenvalue weighted by molar-refractivity contribution is -0.135. The maximum atomic E-state index is 14.3. The van der Waals surface area contributed by atoms with Crippen molar-refractivity contribution in [2.45, 2.75) is 19.3 Å². The van der Waals surface area contributed by atoms with Crippen molar-refractivity contribution in [2.24, 2.45) is 0 Å². The second-order valence-electron chi connectivity index (χ2n) is 5.70. The van der Waals surface area contributed by atoms with Gasteiger partial charge in [-0.2, -0.15) is 0 Å². The van der Waals surface area contributed by atoms with Gasteiger partial charge in [0.1, 0.15) is 11.4 Å². The summed E-state index contributed by atoms with van der Waals surface area (Å²) in [6.45, 7) is 1.95. The number of fused-ring (bicyclic) bond motifs is 1. The van der Waals surface area contributed by atoms with Crippen LogP contribution in [0.5, 0.6) is 0 Å². The van der Waals surface area contributed by atoms with Crippen LogP contribution in [0.3, 0.4) is 0 Å². The lowest BCUT2D eigenvalue weighted by atomic mass is 9.92. The van der Waals surface area contributed by atoms with Crippen LogP contribution in [0.15, 0.2) is 69.8 Å². The largest absolute Gasteiger partial charge is 0.505 e. The van der Waals surface area contributed by atoms with Gasteiger partial charge in [-0.25, -0.2) is 9.18 Å². The maximum Gasteiger partial charge on any atom is 0.341 e. The van der Waals surface area contributed by atoms with E-state index >= 15 is 0 Å². The number of ether oxygens (including phenoxy) is 1. The van der Waals surface area contributed by atoms with Gasteiger partial charge in [0.25, 0.3) is 0 Å². The zero-order valence-electron chi connectivity index (χ0n) is 13.8. The van der Waals surface area contributed by atoms with Gasteiger partial charge in [0, 0.05) is 22.3 Å². The van der Waals surface area contributed by atoms with Crippen LogP contribution in [0.2, 0.25) is 0 Å². The molecule has 1 aromatic carbocycles. The summed E-state index contributed by atoms with van der Waals surface area (Å²) in [5.74, 6) is -1.47. The van der Waals surface area contributed by atoms with E-state index in [1.54, 1.807) is 35.4 Å². The number of benzene rings is 1. The lowest BCUT2D eigenvalue weighted by Crippen LogP contribution is -2.27. The van der Waals surface area contributed by atoms with E-state index in [2.05, 4.69) is 15.9 Å². The number of aliphatic hydroxyl groups excluding tert-OH is 1. The Morgan fingerprint density at radius 2 is 2.20 bits per heavy atom. The molecule has 25 heavy (non-hydrogen) atoms. The minimum absolute atomic E-state index is 0.104. The zero-order valence-corrected chi connectivity index (χ0v) is 15.4. The Kier molecular flexibility index (Phi) is 4.81. The molecular weight excluding hydrogens is 389 g/mol. The quantitative estimate of drug-likeness (QED) is 0.741. The van der Waals surface area contributed by atoms with E-state index in [1.807, 2.05) is 13.0 Å². The van der Waals surface area contributed by atoms with E-state index < -0.39 is 5.97 Å². The van der Waals surface area contributed by atoms with Crippen LogP contribution in [0, 0.1) is 5.82 Å². The van der Waals surface area contributed by atoms with Crippen LogP contribution >= 0.6 is 15.9 Å². The number of rotatable bonds is 3. The molecule has 6 heteroatoms. The van der Waals surface area contributed by atoms with Crippen molar-refractivity contribution in [2.75, 3.05) is 7.11 Å². The van der Waals surface area contributed by atoms with Crippen molar-refractivity contribution in [1.82, 2.24) is 4.90 Å². The van der Waals surface area contributed by atoms with E-state index in [4.69, 9.17) is 4.74 Å². The SMILES string of the molecule is CCC1=CC(C(=O)OC)=C(O)C2=CC(c3ccc(Br)cc3F)C=CN12. The second kappa shape index (κ2) is 6.88. The van der Waals surface area contributed by atoms with Gasteiger partial charge in [0.05, 0.1) is 12.8 Å². The fourth-order valence-corrected chi connectivity index (χ4v) is 3.29. The molecule has 0 aromatic heterocycles. The van der Waals surface area contributed by atoms with Crippen molar-refractivity contribution in [3.8, 4) is 0 Å². The minimum atomic E-state index is -0.607. The number of esters is 1. The Bertz CT molecular complexity index is 854. The summed E-state index contributed by atoms with van der Waals surface area (Å²) in [5, 5.41) is 10.5. The molecule has 1 atom stereocenters. The van der Waals surface area contributed by atoms with E-state index in [-0.39, 0.29) is 23.1 Å². The van der Waals surface area contributed by atoms with Gasteiger partial charge < -0.3 is 14.7 Å². The van der Waals surface area contributed by atoms with Crippen molar-refractivity contribution in [3.05, 3.63) is 81.2 Å². The molecule has 1 aromatic rings. The minimum Gasteiger partial charge on any atom is -0.505 e. The molecular formula is C19H17BrFNO3. The third kappa shape index (κ3) is 3.14. The first-order valence-electron chi connectivity index (χ1n) is 7.83. The molecule has 0 radical (unpaired) electrons. The molecule has 0 spiro atoms. The number of carbonyl (C=O) groups is 1. The molecule has 1 unspecified atom stereocenters. The second-order valence-corrected chi connectivity index (χ2v) is 6.61. The summed E-state index contributed by atoms with van der Waals surface area (Å²) in [7, 11) is 1.27. The molecule has 0 fully saturated rings. The number of nitrogens with zero attached hydrogens (tertiary/aromatic N) is 1. The van der Waals surface area contributed by atoms with Crippen LogP contribution in [-0.4, -0.2) is 23.1 Å². The van der Waals surface area contributed by atoms with Crippen LogP contribution in [-0.2, 0) is 9.53 Å². The first kappa shape index (κ1) is 17.5. The standard InChI is InChI=1S/C19H17BrFNO3/c1-3-13-10-15(19(24)25-2)18(23)17-8-11(6-7-22(13)17)14-5-4-12(20)9-16(14)21/h4-11,23H,3H2,1-2H3. The van der Waals surface area contributed by atoms with Gasteiger partial charge in [-0.15, -0.1) is 0 Å². The molecule has 0 saturated heterocycles. The monoisotopic (exact) mass is 405 g/mol. The summed E-state index contributed by atoms with van der Waals surface area (Å²) >= 11 is 3.25. The summed E-state index contributed by atoms with van der Waals surface area (Å²) in [6, 6.07) is 4.87. The molecule has 130 valence electrons. The summed E-state index contributed by atoms with van der Waals surface area (Å²) < 4.78 is 19.7. The Balaban J connectivity index is 2.07. The number of methoxy groups -OCH3 is 1. The Hall–Kier alpha value is -2.34. The molecule has 1 N–H and O–H groups in total. The normalized spacial score (nSPS) is 19.4. The Labute approximate surface area is 153 Å². The number of aliphatic hydroxyl groups is 1. The van der Waals surface area contributed by atoms with Crippen molar-refractivity contribution < 1.29 is 19.0 Å². The predicted molar refractivity (Wildman–Crippen MR) is 95.9 cm³/mol. The molecule has 0 aliphatic carbocycles. The molecule has 2 heterocycles. The summed E-state index contributed by atoms with van der Waals surface area (Å²) in [6.07, 6.45) is 7.67. The van der Waals surface area contributed by atoms with Gasteiger partial charge in [-0.3, -0.25) is 0 Å². The molecule has 2 aliphatic heterocycles. The Morgan fingerprint density at radius 1 is 1.44 bits per heavy atom. The third-order valence-corrected chi connectivity index (χ3v) is 4.74. The molecule has 0 amide bonds. The van der Waals surface area contributed by atoms with Gasteiger partial charge in [0.2, 0.25) is 0 Å². The summed E-state index contributed by atoms with van der Waals surface area (Å²) in [4.78, 5) is 13.7. The van der Waals surface area contributed by atoms with E-state index in [0.717, 1.165) is 5.70 Å². The number of hydrogen-bond donors (Lipinski definition) is 1. The molecule has 3 rings (SSSR count). The third-order valence-electron chi connectivity index (χ3n) is 4.25. The number of halogens is 2. The Morgan fingerprint density at radius 3 is 2.84 bits per heavy atom. The van der Waals surface area contributed by atoms with Crippen LogP contribution in [0.1, 0.15) is 24.8 Å². The van der Waals surface area contributed by atoms with Gasteiger partial charge in [-0.05, 0) is 36.3 Å². The van der Waals surface area contributed by atoms with E-state index in [0.29, 0.717) is 22.2 Å². The van der Waals surface area contributed by atoms with Crippen LogP contribution < -0.4 is 0 Å². The first-order chi connectivity index (χ1) is 12.0. The number of hydrogen-bond acceptors (Lipinski definition) is 4. The predicted octanol–water partition coefficient (Wildman–Crippen LogP) is 4.68. The number of carbonyl (C=O) groups excluding carboxylic acids is 1. The lowest BCUT2D eigenvalue weighted by Gasteiger charge is -2.33. The van der Waals surface area contributed by atoms with Crippen molar-refractivity contribution >= 4 is 21.9 Å². The molecule has 0 bridgehead atoms. The summed E-state index contributed by atoms with van der Waals surface area (Å²) in [5.41, 5.74) is 1.89. The van der Waals surface area contributed by atoms with Gasteiger partial charge in [-0.1, -0.05) is 35.0 Å². The average Bonchev–Trinajstić information content (AvgIpc) is 2.61.